The molecule has 26 heavy (non-hydrogen) atoms. The first-order chi connectivity index (χ1) is 12.5. The number of carbonyl (C=O) groups excluding carboxylic acids is 3. The van der Waals surface area contributed by atoms with Crippen LogP contribution in [-0.2, 0) is 15.0 Å². The number of nitrogens with two attached hydrogens (primary N) is 1. The number of aromatic nitrogens is 1. The Morgan fingerprint density at radius 2 is 2.04 bits per heavy atom. The summed E-state index contributed by atoms with van der Waals surface area (Å²) >= 11 is 0. The molecule has 1 fully saturated rings. The number of carbonyl (C=O) groups is 3. The summed E-state index contributed by atoms with van der Waals surface area (Å²) in [5.74, 6) is -0.977. The van der Waals surface area contributed by atoms with E-state index in [1.165, 1.54) is 12.3 Å². The maximum atomic E-state index is 12.6. The average Bonchev–Trinajstić information content (AvgIpc) is 3.19. The maximum absolute atomic E-state index is 12.6. The largest absolute Gasteiger partial charge is 0.364 e. The molecule has 4 rings (SSSR count). The van der Waals surface area contributed by atoms with Crippen molar-refractivity contribution < 1.29 is 14.4 Å². The molecule has 5 N–H and O–H groups in total. The lowest BCUT2D eigenvalue weighted by Crippen LogP contribution is -2.36. The van der Waals surface area contributed by atoms with E-state index in [4.69, 9.17) is 5.73 Å². The highest BCUT2D eigenvalue weighted by molar-refractivity contribution is 6.08. The number of amides is 3. The lowest BCUT2D eigenvalue weighted by atomic mass is 9.79. The second kappa shape index (κ2) is 5.92. The minimum Gasteiger partial charge on any atom is -0.364 e. The van der Waals surface area contributed by atoms with Crippen molar-refractivity contribution in [3.63, 3.8) is 0 Å². The fourth-order valence-electron chi connectivity index (χ4n) is 3.57. The molecule has 2 unspecified atom stereocenters. The highest BCUT2D eigenvalue weighted by atomic mass is 16.2. The number of benzene rings is 1. The highest BCUT2D eigenvalue weighted by Gasteiger charge is 2.52. The molecule has 3 amide bonds. The third kappa shape index (κ3) is 2.51. The molecule has 1 saturated heterocycles. The van der Waals surface area contributed by atoms with Crippen LogP contribution in [0.1, 0.15) is 22.5 Å². The Hall–Kier alpha value is -3.26. The molecule has 1 aromatic heterocycles. The van der Waals surface area contributed by atoms with Crippen LogP contribution in [0.3, 0.4) is 0 Å². The molecule has 0 bridgehead atoms. The zero-order chi connectivity index (χ0) is 18.3. The third-order valence-corrected chi connectivity index (χ3v) is 4.93. The van der Waals surface area contributed by atoms with Crippen LogP contribution in [0.4, 0.5) is 11.4 Å². The fraction of sp³-hybridized carbons (Fsp3) is 0.222. The van der Waals surface area contributed by atoms with E-state index in [9.17, 15) is 14.4 Å². The molecule has 2 aromatic rings. The summed E-state index contributed by atoms with van der Waals surface area (Å²) in [4.78, 5) is 40.1. The quantitative estimate of drug-likeness (QED) is 0.636. The van der Waals surface area contributed by atoms with Crippen molar-refractivity contribution in [3.05, 3.63) is 53.9 Å². The average molecular weight is 351 g/mol. The lowest BCUT2D eigenvalue weighted by molar-refractivity contribution is -0.120. The van der Waals surface area contributed by atoms with Crippen LogP contribution >= 0.6 is 0 Å². The zero-order valence-corrected chi connectivity index (χ0v) is 13.8. The minimum absolute atomic E-state index is 0.0889. The maximum Gasteiger partial charge on any atom is 0.267 e. The zero-order valence-electron chi connectivity index (χ0n) is 13.8. The van der Waals surface area contributed by atoms with E-state index in [2.05, 4.69) is 20.9 Å². The summed E-state index contributed by atoms with van der Waals surface area (Å²) in [5.41, 5.74) is 6.71. The van der Waals surface area contributed by atoms with E-state index in [0.29, 0.717) is 18.7 Å². The smallest absolute Gasteiger partial charge is 0.267 e. The lowest BCUT2D eigenvalue weighted by Gasteiger charge is -2.20. The van der Waals surface area contributed by atoms with Gasteiger partial charge >= 0.3 is 0 Å². The number of hydrogen-bond donors (Lipinski definition) is 4. The second-order valence-corrected chi connectivity index (χ2v) is 6.51. The summed E-state index contributed by atoms with van der Waals surface area (Å²) < 4.78 is 0. The Bertz CT molecular complexity index is 911. The molecule has 2 aliphatic rings. The van der Waals surface area contributed by atoms with E-state index in [1.807, 2.05) is 24.3 Å². The molecule has 8 nitrogen and oxygen atoms in total. The molecule has 1 spiro atoms. The van der Waals surface area contributed by atoms with Gasteiger partial charge in [-0.05, 0) is 30.2 Å². The molecule has 132 valence electrons. The van der Waals surface area contributed by atoms with Gasteiger partial charge in [0.25, 0.3) is 5.91 Å². The molecule has 2 atom stereocenters. The summed E-state index contributed by atoms with van der Waals surface area (Å²) in [5, 5.41) is 8.78. The minimum atomic E-state index is -0.729. The van der Waals surface area contributed by atoms with Gasteiger partial charge in [-0.25, -0.2) is 4.98 Å². The molecule has 0 aliphatic carbocycles. The molecular formula is C18H17N5O3. The van der Waals surface area contributed by atoms with Gasteiger partial charge in [0.1, 0.15) is 5.69 Å². The standard InChI is InChI=1S/C18H17N5O3/c19-15(24)13-6-5-10(8-20-13)22-16(25)14-7-18(9-21-14)11-3-1-2-4-12(11)23-17(18)26/h1-6,8,14,21H,7,9H2,(H2,19,24)(H,22,25)(H,23,26). The van der Waals surface area contributed by atoms with Crippen LogP contribution in [0.25, 0.3) is 0 Å². The summed E-state index contributed by atoms with van der Waals surface area (Å²) in [7, 11) is 0. The molecule has 0 radical (unpaired) electrons. The van der Waals surface area contributed by atoms with Gasteiger partial charge in [0, 0.05) is 12.2 Å². The molecule has 8 heteroatoms. The summed E-state index contributed by atoms with van der Waals surface area (Å²) in [6.07, 6.45) is 1.74. The van der Waals surface area contributed by atoms with Gasteiger partial charge in [-0.2, -0.15) is 0 Å². The highest BCUT2D eigenvalue weighted by Crippen LogP contribution is 2.43. The van der Waals surface area contributed by atoms with Crippen molar-refractivity contribution in [2.75, 3.05) is 17.2 Å². The van der Waals surface area contributed by atoms with Crippen LogP contribution < -0.4 is 21.7 Å². The normalized spacial score (nSPS) is 23.5. The Balaban J connectivity index is 1.49. The second-order valence-electron chi connectivity index (χ2n) is 6.51. The van der Waals surface area contributed by atoms with E-state index >= 15 is 0 Å². The molecule has 0 saturated carbocycles. The van der Waals surface area contributed by atoms with E-state index < -0.39 is 17.4 Å². The molecule has 1 aromatic carbocycles. The Labute approximate surface area is 149 Å². The molecular weight excluding hydrogens is 334 g/mol. The number of anilines is 2. The number of hydrogen-bond acceptors (Lipinski definition) is 5. The number of fused-ring (bicyclic) bond motifs is 2. The van der Waals surface area contributed by atoms with Crippen molar-refractivity contribution in [1.82, 2.24) is 10.3 Å². The van der Waals surface area contributed by atoms with Crippen molar-refractivity contribution in [2.45, 2.75) is 17.9 Å². The Kier molecular flexibility index (Phi) is 3.69. The van der Waals surface area contributed by atoms with Crippen LogP contribution in [0.5, 0.6) is 0 Å². The first kappa shape index (κ1) is 16.2. The monoisotopic (exact) mass is 351 g/mol. The number of nitrogens with one attached hydrogen (secondary N) is 3. The van der Waals surface area contributed by atoms with Gasteiger partial charge in [0.15, 0.2) is 0 Å². The van der Waals surface area contributed by atoms with Crippen molar-refractivity contribution in [2.24, 2.45) is 5.73 Å². The number of para-hydroxylation sites is 1. The number of primary amides is 1. The molecule has 2 aliphatic heterocycles. The first-order valence-electron chi connectivity index (χ1n) is 8.21. The third-order valence-electron chi connectivity index (χ3n) is 4.93. The van der Waals surface area contributed by atoms with Crippen molar-refractivity contribution in [3.8, 4) is 0 Å². The van der Waals surface area contributed by atoms with Gasteiger partial charge in [-0.15, -0.1) is 0 Å². The van der Waals surface area contributed by atoms with Gasteiger partial charge < -0.3 is 21.7 Å². The predicted molar refractivity (Wildman–Crippen MR) is 94.5 cm³/mol. The Morgan fingerprint density at radius 3 is 2.77 bits per heavy atom. The number of rotatable bonds is 3. The van der Waals surface area contributed by atoms with E-state index in [1.54, 1.807) is 6.07 Å². The molecule has 3 heterocycles. The summed E-state index contributed by atoms with van der Waals surface area (Å²) in [6.45, 7) is 0.396. The summed E-state index contributed by atoms with van der Waals surface area (Å²) in [6, 6.07) is 10.0. The first-order valence-corrected chi connectivity index (χ1v) is 8.21. The number of pyridine rings is 1. The van der Waals surface area contributed by atoms with Gasteiger partial charge in [-0.3, -0.25) is 14.4 Å². The topological polar surface area (TPSA) is 126 Å². The van der Waals surface area contributed by atoms with Crippen LogP contribution in [0.15, 0.2) is 42.6 Å². The van der Waals surface area contributed by atoms with Crippen molar-refractivity contribution >= 4 is 29.1 Å². The predicted octanol–water partition coefficient (Wildman–Crippen LogP) is 0.371. The Morgan fingerprint density at radius 1 is 1.23 bits per heavy atom. The van der Waals surface area contributed by atoms with Crippen LogP contribution in [0.2, 0.25) is 0 Å². The van der Waals surface area contributed by atoms with E-state index in [-0.39, 0.29) is 17.5 Å². The fourth-order valence-corrected chi connectivity index (χ4v) is 3.57. The van der Waals surface area contributed by atoms with E-state index in [0.717, 1.165) is 11.3 Å². The van der Waals surface area contributed by atoms with Gasteiger partial charge in [0.05, 0.1) is 23.3 Å². The van der Waals surface area contributed by atoms with Gasteiger partial charge in [0.2, 0.25) is 11.8 Å². The van der Waals surface area contributed by atoms with Crippen molar-refractivity contribution in [1.29, 1.82) is 0 Å². The number of nitrogens with zero attached hydrogens (tertiary/aromatic N) is 1. The van der Waals surface area contributed by atoms with Gasteiger partial charge in [-0.1, -0.05) is 18.2 Å². The van der Waals surface area contributed by atoms with Crippen LogP contribution in [-0.4, -0.2) is 35.3 Å². The SMILES string of the molecule is NC(=O)c1ccc(NC(=O)C2CC3(CN2)C(=O)Nc2ccccc23)cn1. The van der Waals surface area contributed by atoms with Crippen LogP contribution in [0, 0.1) is 0 Å².